The number of rotatable bonds is 4. The lowest BCUT2D eigenvalue weighted by molar-refractivity contribution is 0.669. The predicted octanol–water partition coefficient (Wildman–Crippen LogP) is 9.96. The van der Waals surface area contributed by atoms with E-state index in [2.05, 4.69) is 89.5 Å². The van der Waals surface area contributed by atoms with Crippen LogP contribution < -0.4 is 0 Å². The SMILES string of the molecule is c1ccc(C2=NC(c3ccccc3)[N-]C(c3cccc4oc5ccc6c7ccccc7n(-c7ccccc7)c6c5c34)=N2)cc1. The van der Waals surface area contributed by atoms with E-state index in [1.54, 1.807) is 0 Å². The molecule has 6 aromatic carbocycles. The molecule has 0 saturated heterocycles. The summed E-state index contributed by atoms with van der Waals surface area (Å²) in [6.07, 6.45) is -0.414. The van der Waals surface area contributed by atoms with E-state index >= 15 is 0 Å². The van der Waals surface area contributed by atoms with Gasteiger partial charge < -0.3 is 19.3 Å². The number of benzene rings is 6. The number of para-hydroxylation sites is 2. The Balaban J connectivity index is 1.36. The molecule has 0 radical (unpaired) electrons. The summed E-state index contributed by atoms with van der Waals surface area (Å²) in [5.74, 6) is 1.30. The Bertz CT molecular complexity index is 2400. The molecule has 0 N–H and O–H groups in total. The fraction of sp³-hybridized carbons (Fsp3) is 0.0256. The Kier molecular flexibility index (Phi) is 5.50. The van der Waals surface area contributed by atoms with Gasteiger partial charge in [-0.05, 0) is 53.1 Å². The lowest BCUT2D eigenvalue weighted by atomic mass is 10.0. The highest BCUT2D eigenvalue weighted by atomic mass is 16.3. The summed E-state index contributed by atoms with van der Waals surface area (Å²) in [7, 11) is 0. The van der Waals surface area contributed by atoms with Gasteiger partial charge in [-0.3, -0.25) is 4.99 Å². The van der Waals surface area contributed by atoms with Crippen molar-refractivity contribution in [3.05, 3.63) is 168 Å². The third-order valence-corrected chi connectivity index (χ3v) is 8.38. The summed E-state index contributed by atoms with van der Waals surface area (Å²) in [4.78, 5) is 10.1. The molecule has 44 heavy (non-hydrogen) atoms. The van der Waals surface area contributed by atoms with Crippen LogP contribution in [0.2, 0.25) is 0 Å². The summed E-state index contributed by atoms with van der Waals surface area (Å²) in [6, 6.07) is 49.8. The first-order valence-corrected chi connectivity index (χ1v) is 14.7. The van der Waals surface area contributed by atoms with E-state index in [1.807, 2.05) is 60.7 Å². The zero-order valence-corrected chi connectivity index (χ0v) is 23.6. The Morgan fingerprint density at radius 2 is 1.30 bits per heavy atom. The van der Waals surface area contributed by atoms with Crippen molar-refractivity contribution in [1.82, 2.24) is 4.57 Å². The van der Waals surface area contributed by atoms with Crippen LogP contribution in [-0.4, -0.2) is 16.2 Å². The summed E-state index contributed by atoms with van der Waals surface area (Å²) >= 11 is 0. The van der Waals surface area contributed by atoms with Gasteiger partial charge in [-0.25, -0.2) is 0 Å². The van der Waals surface area contributed by atoms with Crippen molar-refractivity contribution in [2.24, 2.45) is 9.98 Å². The van der Waals surface area contributed by atoms with Crippen LogP contribution in [0.1, 0.15) is 22.9 Å². The van der Waals surface area contributed by atoms with Gasteiger partial charge in [0.25, 0.3) is 0 Å². The number of amidine groups is 2. The number of hydrogen-bond acceptors (Lipinski definition) is 3. The molecule has 3 heterocycles. The average Bonchev–Trinajstić information content (AvgIpc) is 3.65. The van der Waals surface area contributed by atoms with Gasteiger partial charge in [-0.1, -0.05) is 115 Å². The van der Waals surface area contributed by atoms with Crippen LogP contribution in [0.15, 0.2) is 160 Å². The van der Waals surface area contributed by atoms with Crippen molar-refractivity contribution >= 4 is 55.4 Å². The first kappa shape index (κ1) is 24.6. The van der Waals surface area contributed by atoms with Crippen LogP contribution in [0.5, 0.6) is 0 Å². The van der Waals surface area contributed by atoms with Crippen molar-refractivity contribution in [3.63, 3.8) is 0 Å². The largest absolute Gasteiger partial charge is 0.456 e. The minimum Gasteiger partial charge on any atom is -0.456 e. The van der Waals surface area contributed by atoms with Crippen LogP contribution in [-0.2, 0) is 0 Å². The van der Waals surface area contributed by atoms with Crippen molar-refractivity contribution in [2.75, 3.05) is 0 Å². The summed E-state index contributed by atoms with van der Waals surface area (Å²) in [5.41, 5.74) is 7.87. The van der Waals surface area contributed by atoms with Crippen molar-refractivity contribution in [1.29, 1.82) is 0 Å². The third-order valence-electron chi connectivity index (χ3n) is 8.38. The van der Waals surface area contributed by atoms with E-state index in [-0.39, 0.29) is 0 Å². The molecule has 0 fully saturated rings. The highest BCUT2D eigenvalue weighted by molar-refractivity contribution is 6.31. The predicted molar refractivity (Wildman–Crippen MR) is 180 cm³/mol. The molecular formula is C39H25N4O-. The zero-order valence-electron chi connectivity index (χ0n) is 23.6. The molecule has 1 aliphatic rings. The molecule has 1 atom stereocenters. The van der Waals surface area contributed by atoms with Gasteiger partial charge in [0.2, 0.25) is 0 Å². The second-order valence-corrected chi connectivity index (χ2v) is 11.0. The Morgan fingerprint density at radius 1 is 0.591 bits per heavy atom. The van der Waals surface area contributed by atoms with E-state index in [0.717, 1.165) is 55.3 Å². The van der Waals surface area contributed by atoms with Gasteiger partial charge in [0.15, 0.2) is 0 Å². The maximum Gasteiger partial charge on any atom is 0.137 e. The summed E-state index contributed by atoms with van der Waals surface area (Å²) in [5, 5.41) is 9.56. The number of nitrogens with zero attached hydrogens (tertiary/aromatic N) is 4. The van der Waals surface area contributed by atoms with Crippen LogP contribution in [0.25, 0.3) is 54.7 Å². The van der Waals surface area contributed by atoms with E-state index in [9.17, 15) is 0 Å². The molecule has 1 unspecified atom stereocenters. The zero-order chi connectivity index (χ0) is 29.0. The molecule has 0 saturated carbocycles. The van der Waals surface area contributed by atoms with Crippen LogP contribution in [0.3, 0.4) is 0 Å². The number of aromatic nitrogens is 1. The van der Waals surface area contributed by atoms with Gasteiger partial charge in [0.05, 0.1) is 28.4 Å². The van der Waals surface area contributed by atoms with E-state index < -0.39 is 6.17 Å². The van der Waals surface area contributed by atoms with Crippen molar-refractivity contribution in [3.8, 4) is 5.69 Å². The van der Waals surface area contributed by atoms with Gasteiger partial charge in [0, 0.05) is 21.8 Å². The fourth-order valence-corrected chi connectivity index (χ4v) is 6.44. The molecule has 5 nitrogen and oxygen atoms in total. The van der Waals surface area contributed by atoms with Gasteiger partial charge in [-0.2, -0.15) is 0 Å². The minimum absolute atomic E-state index is 0.414. The van der Waals surface area contributed by atoms with Crippen LogP contribution >= 0.6 is 0 Å². The molecule has 0 amide bonds. The van der Waals surface area contributed by atoms with E-state index in [0.29, 0.717) is 11.7 Å². The summed E-state index contributed by atoms with van der Waals surface area (Å²) < 4.78 is 8.91. The molecule has 0 bridgehead atoms. The minimum atomic E-state index is -0.414. The fourth-order valence-electron chi connectivity index (χ4n) is 6.44. The molecule has 1 aliphatic heterocycles. The Labute approximate surface area is 253 Å². The van der Waals surface area contributed by atoms with Crippen molar-refractivity contribution < 1.29 is 4.42 Å². The number of fused-ring (bicyclic) bond motifs is 7. The normalized spacial score (nSPS) is 15.0. The highest BCUT2D eigenvalue weighted by Crippen LogP contribution is 2.43. The van der Waals surface area contributed by atoms with Gasteiger partial charge >= 0.3 is 0 Å². The molecule has 2 aromatic heterocycles. The molecule has 0 aliphatic carbocycles. The molecule has 9 rings (SSSR count). The number of aliphatic imine (C=N–C) groups is 2. The smallest absolute Gasteiger partial charge is 0.137 e. The molecule has 8 aromatic rings. The van der Waals surface area contributed by atoms with Crippen LogP contribution in [0.4, 0.5) is 0 Å². The van der Waals surface area contributed by atoms with Gasteiger partial charge in [0.1, 0.15) is 11.2 Å². The van der Waals surface area contributed by atoms with E-state index in [1.165, 1.54) is 10.8 Å². The topological polar surface area (TPSA) is 56.9 Å². The number of furan rings is 1. The molecule has 0 spiro atoms. The second-order valence-electron chi connectivity index (χ2n) is 11.0. The second kappa shape index (κ2) is 9.82. The monoisotopic (exact) mass is 565 g/mol. The highest BCUT2D eigenvalue weighted by Gasteiger charge is 2.22. The van der Waals surface area contributed by atoms with E-state index in [4.69, 9.17) is 19.7 Å². The number of hydrogen-bond donors (Lipinski definition) is 0. The maximum atomic E-state index is 6.56. The lowest BCUT2D eigenvalue weighted by Gasteiger charge is -2.32. The van der Waals surface area contributed by atoms with Crippen molar-refractivity contribution in [2.45, 2.75) is 6.17 Å². The molecular weight excluding hydrogens is 540 g/mol. The lowest BCUT2D eigenvalue weighted by Crippen LogP contribution is -2.16. The first-order chi connectivity index (χ1) is 21.8. The quantitative estimate of drug-likeness (QED) is 0.209. The van der Waals surface area contributed by atoms with Crippen LogP contribution in [0, 0.1) is 0 Å². The first-order valence-electron chi connectivity index (χ1n) is 14.7. The Morgan fingerprint density at radius 3 is 2.11 bits per heavy atom. The standard InChI is InChI=1S/C39H25N4O/c1-4-13-25(14-5-1)37-40-38(26-15-6-2-7-16-26)42-39(41-37)30-20-12-22-32-34(30)35-33(44-32)24-23-29-28-19-10-11-21-31(28)43(36(29)35)27-17-8-3-9-18-27/h1-24,37H/q-1. The molecule has 5 heteroatoms. The maximum absolute atomic E-state index is 6.56. The average molecular weight is 566 g/mol. The summed E-state index contributed by atoms with van der Waals surface area (Å²) in [6.45, 7) is 0. The molecule has 208 valence electrons. The van der Waals surface area contributed by atoms with Gasteiger partial charge in [-0.15, -0.1) is 0 Å². The third kappa shape index (κ3) is 3.80. The Hall–Kier alpha value is -5.94.